The predicted molar refractivity (Wildman–Crippen MR) is 150 cm³/mol. The van der Waals surface area contributed by atoms with E-state index >= 15 is 0 Å². The zero-order chi connectivity index (χ0) is 28.4. The van der Waals surface area contributed by atoms with Gasteiger partial charge in [0.2, 0.25) is 0 Å². The van der Waals surface area contributed by atoms with Gasteiger partial charge in [-0.2, -0.15) is 9.97 Å². The highest BCUT2D eigenvalue weighted by molar-refractivity contribution is 5.82. The molecule has 0 saturated heterocycles. The number of anilines is 1. The number of carbonyl (C=O) groups excluding carboxylic acids is 1. The zero-order valence-corrected chi connectivity index (χ0v) is 23.6. The number of aromatic amines is 1. The van der Waals surface area contributed by atoms with Crippen LogP contribution in [-0.4, -0.2) is 89.8 Å². The van der Waals surface area contributed by atoms with Crippen LogP contribution >= 0.6 is 0 Å². The van der Waals surface area contributed by atoms with Gasteiger partial charge in [-0.25, -0.2) is 4.79 Å². The third-order valence-corrected chi connectivity index (χ3v) is 6.31. The number of hydrogen-bond donors (Lipinski definition) is 2. The van der Waals surface area contributed by atoms with Gasteiger partial charge in [0.05, 0.1) is 20.3 Å². The smallest absolute Gasteiger partial charge is 0.328 e. The lowest BCUT2D eigenvalue weighted by Crippen LogP contribution is -2.35. The summed E-state index contributed by atoms with van der Waals surface area (Å²) in [6.45, 7) is 4.71. The van der Waals surface area contributed by atoms with E-state index < -0.39 is 6.23 Å². The molecule has 39 heavy (non-hydrogen) atoms. The summed E-state index contributed by atoms with van der Waals surface area (Å²) >= 11 is 0. The number of aldehydes is 1. The number of unbranched alkanes of at least 4 members (excludes halogenated alkanes) is 2. The second-order valence-electron chi connectivity index (χ2n) is 9.78. The maximum atomic E-state index is 12.8. The van der Waals surface area contributed by atoms with Gasteiger partial charge in [-0.05, 0) is 58.6 Å². The van der Waals surface area contributed by atoms with Crippen molar-refractivity contribution in [1.82, 2.24) is 29.3 Å². The van der Waals surface area contributed by atoms with Crippen LogP contribution < -0.4 is 20.9 Å². The minimum absolute atomic E-state index is 0.135. The van der Waals surface area contributed by atoms with Crippen LogP contribution in [0.5, 0.6) is 11.8 Å². The number of ether oxygens (including phenoxy) is 3. The Hall–Kier alpha value is -3.48. The van der Waals surface area contributed by atoms with E-state index in [1.165, 1.54) is 4.57 Å². The van der Waals surface area contributed by atoms with E-state index in [0.717, 1.165) is 49.6 Å². The summed E-state index contributed by atoms with van der Waals surface area (Å²) in [7, 11) is 7.49. The summed E-state index contributed by atoms with van der Waals surface area (Å²) in [6.07, 6.45) is 3.89. The summed E-state index contributed by atoms with van der Waals surface area (Å²) in [5.41, 5.74) is 8.15. The van der Waals surface area contributed by atoms with Gasteiger partial charge >= 0.3 is 11.7 Å². The van der Waals surface area contributed by atoms with Gasteiger partial charge in [0.1, 0.15) is 11.3 Å². The number of methoxy groups -OCH3 is 1. The van der Waals surface area contributed by atoms with Crippen LogP contribution in [0.25, 0.3) is 11.2 Å². The number of carbonyl (C=O) groups is 1. The maximum absolute atomic E-state index is 12.8. The number of aromatic nitrogens is 4. The maximum Gasteiger partial charge on any atom is 0.328 e. The Morgan fingerprint density at radius 2 is 1.95 bits per heavy atom. The molecule has 0 aliphatic heterocycles. The van der Waals surface area contributed by atoms with Gasteiger partial charge < -0.3 is 29.8 Å². The molecule has 12 heteroatoms. The fourth-order valence-corrected chi connectivity index (χ4v) is 4.12. The number of likely N-dealkylation sites (N-methyl/N-ethyl adjacent to an activating group) is 1. The average molecular weight is 544 g/mol. The summed E-state index contributed by atoms with van der Waals surface area (Å²) in [6, 6.07) is 5.87. The second kappa shape index (κ2) is 14.6. The van der Waals surface area contributed by atoms with Crippen molar-refractivity contribution in [3.8, 4) is 11.8 Å². The number of nitrogens with one attached hydrogen (secondary N) is 1. The van der Waals surface area contributed by atoms with Crippen molar-refractivity contribution >= 4 is 23.3 Å². The van der Waals surface area contributed by atoms with Crippen molar-refractivity contribution < 1.29 is 19.0 Å². The Kier molecular flexibility index (Phi) is 11.3. The van der Waals surface area contributed by atoms with Crippen molar-refractivity contribution in [3.05, 3.63) is 39.8 Å². The minimum Gasteiger partial charge on any atom is -0.496 e. The zero-order valence-electron chi connectivity index (χ0n) is 23.6. The van der Waals surface area contributed by atoms with E-state index in [1.54, 1.807) is 7.11 Å². The standard InChI is InChI=1S/C27H41N7O5/c1-6-7-13-39-26-30-24(28)23-25(31-26)34(27(36)29-23)17-20-11-10-19(15-21(20)37-5)16-33(4)22(18-35)38-14-9-8-12-32(2)3/h10-11,15,18,22H,6-9,12-14,16-17H2,1-5H3,(H,29,36)(H2,28,30,31). The van der Waals surface area contributed by atoms with Crippen LogP contribution in [0.4, 0.5) is 5.82 Å². The minimum atomic E-state index is -0.640. The van der Waals surface area contributed by atoms with E-state index in [0.29, 0.717) is 36.7 Å². The number of nitrogen functional groups attached to an aromatic ring is 1. The first-order valence-electron chi connectivity index (χ1n) is 13.2. The number of hydrogen-bond acceptors (Lipinski definition) is 10. The highest BCUT2D eigenvalue weighted by Gasteiger charge is 2.18. The molecule has 0 saturated carbocycles. The lowest BCUT2D eigenvalue weighted by Gasteiger charge is -2.24. The molecule has 0 spiro atoms. The summed E-state index contributed by atoms with van der Waals surface area (Å²) in [4.78, 5) is 39.8. The molecule has 3 aromatic rings. The highest BCUT2D eigenvalue weighted by atomic mass is 16.5. The van der Waals surface area contributed by atoms with E-state index in [-0.39, 0.29) is 24.1 Å². The fourth-order valence-electron chi connectivity index (χ4n) is 4.12. The van der Waals surface area contributed by atoms with Crippen molar-refractivity contribution in [1.29, 1.82) is 0 Å². The Balaban J connectivity index is 1.73. The highest BCUT2D eigenvalue weighted by Crippen LogP contribution is 2.24. The molecule has 0 amide bonds. The van der Waals surface area contributed by atoms with E-state index in [1.807, 2.05) is 44.2 Å². The van der Waals surface area contributed by atoms with E-state index in [9.17, 15) is 9.59 Å². The van der Waals surface area contributed by atoms with Crippen LogP contribution in [-0.2, 0) is 22.6 Å². The molecule has 0 bridgehead atoms. The van der Waals surface area contributed by atoms with Gasteiger partial charge in [0, 0.05) is 18.7 Å². The Bertz CT molecular complexity index is 1270. The molecule has 214 valence electrons. The van der Waals surface area contributed by atoms with Gasteiger partial charge in [0.25, 0.3) is 0 Å². The third kappa shape index (κ3) is 8.25. The van der Waals surface area contributed by atoms with Crippen molar-refractivity contribution in [2.45, 2.75) is 51.9 Å². The van der Waals surface area contributed by atoms with Crippen LogP contribution in [0.15, 0.2) is 23.0 Å². The molecule has 2 aromatic heterocycles. The number of H-pyrrole nitrogens is 1. The summed E-state index contributed by atoms with van der Waals surface area (Å²) < 4.78 is 18.6. The van der Waals surface area contributed by atoms with Crippen molar-refractivity contribution in [3.63, 3.8) is 0 Å². The lowest BCUT2D eigenvalue weighted by atomic mass is 10.1. The molecular weight excluding hydrogens is 502 g/mol. The summed E-state index contributed by atoms with van der Waals surface area (Å²) in [5, 5.41) is 0. The Labute approximate surface area is 229 Å². The number of nitrogens with two attached hydrogens (primary N) is 1. The number of rotatable bonds is 17. The molecule has 0 aliphatic carbocycles. The number of nitrogens with zero attached hydrogens (tertiary/aromatic N) is 5. The third-order valence-electron chi connectivity index (χ3n) is 6.31. The largest absolute Gasteiger partial charge is 0.496 e. The molecule has 0 radical (unpaired) electrons. The first-order valence-corrected chi connectivity index (χ1v) is 13.2. The molecule has 3 rings (SSSR count). The quantitative estimate of drug-likeness (QED) is 0.148. The van der Waals surface area contributed by atoms with Crippen molar-refractivity contribution in [2.24, 2.45) is 0 Å². The molecule has 0 aliphatic rings. The number of imidazole rings is 1. The molecule has 1 unspecified atom stereocenters. The number of benzene rings is 1. The SMILES string of the molecule is CCCCOc1nc(N)c2[nH]c(=O)n(Cc3ccc(CN(C)C(C=O)OCCCCN(C)C)cc3OC)c2n1. The molecule has 0 fully saturated rings. The molecule has 1 aromatic carbocycles. The van der Waals surface area contributed by atoms with Gasteiger partial charge in [-0.1, -0.05) is 25.5 Å². The monoisotopic (exact) mass is 543 g/mol. The molecular formula is C27H41N7O5. The van der Waals surface area contributed by atoms with E-state index in [2.05, 4.69) is 26.8 Å². The molecule has 1 atom stereocenters. The van der Waals surface area contributed by atoms with Gasteiger partial charge in [-0.15, -0.1) is 0 Å². The Morgan fingerprint density at radius 3 is 2.64 bits per heavy atom. The first-order chi connectivity index (χ1) is 18.8. The van der Waals surface area contributed by atoms with Crippen LogP contribution in [0, 0.1) is 0 Å². The topological polar surface area (TPSA) is 141 Å². The number of fused-ring (bicyclic) bond motifs is 1. The molecule has 3 N–H and O–H groups in total. The van der Waals surface area contributed by atoms with Gasteiger partial charge in [-0.3, -0.25) is 14.3 Å². The summed E-state index contributed by atoms with van der Waals surface area (Å²) in [5.74, 6) is 0.758. The fraction of sp³-hybridized carbons (Fsp3) is 0.556. The van der Waals surface area contributed by atoms with E-state index in [4.69, 9.17) is 19.9 Å². The first kappa shape index (κ1) is 30.1. The predicted octanol–water partition coefficient (Wildman–Crippen LogP) is 2.25. The molecule has 12 nitrogen and oxygen atoms in total. The Morgan fingerprint density at radius 1 is 1.15 bits per heavy atom. The second-order valence-corrected chi connectivity index (χ2v) is 9.78. The van der Waals surface area contributed by atoms with Crippen LogP contribution in [0.3, 0.4) is 0 Å². The van der Waals surface area contributed by atoms with Crippen LogP contribution in [0.1, 0.15) is 43.7 Å². The average Bonchev–Trinajstić information content (AvgIpc) is 3.22. The van der Waals surface area contributed by atoms with Gasteiger partial charge in [0.15, 0.2) is 24.0 Å². The van der Waals surface area contributed by atoms with Crippen LogP contribution in [0.2, 0.25) is 0 Å². The lowest BCUT2D eigenvalue weighted by molar-refractivity contribution is -0.130. The van der Waals surface area contributed by atoms with Crippen molar-refractivity contribution in [2.75, 3.05) is 53.7 Å². The normalized spacial score (nSPS) is 12.4. The molecule has 2 heterocycles.